The van der Waals surface area contributed by atoms with E-state index in [-0.39, 0.29) is 0 Å². The fourth-order valence-corrected chi connectivity index (χ4v) is 10.2. The third-order valence-electron chi connectivity index (χ3n) is 12.7. The summed E-state index contributed by atoms with van der Waals surface area (Å²) in [4.78, 5) is 0. The molecule has 0 amide bonds. The van der Waals surface area contributed by atoms with Crippen LogP contribution in [0.15, 0.2) is 211 Å². The van der Waals surface area contributed by atoms with Crippen LogP contribution in [0.4, 0.5) is 0 Å². The van der Waals surface area contributed by atoms with Crippen molar-refractivity contribution in [1.29, 1.82) is 0 Å². The fourth-order valence-electron chi connectivity index (χ4n) is 10.2. The van der Waals surface area contributed by atoms with Gasteiger partial charge in [-0.1, -0.05) is 183 Å². The zero-order chi connectivity index (χ0) is 40.6. The van der Waals surface area contributed by atoms with Gasteiger partial charge >= 0.3 is 0 Å². The number of hydrogen-bond acceptors (Lipinski definition) is 1. The third-order valence-corrected chi connectivity index (χ3v) is 12.7. The summed E-state index contributed by atoms with van der Waals surface area (Å²) >= 11 is 0. The first kappa shape index (κ1) is 35.0. The van der Waals surface area contributed by atoms with Crippen LogP contribution in [0.5, 0.6) is 0 Å². The minimum atomic E-state index is 0.866. The van der Waals surface area contributed by atoms with E-state index in [1.807, 2.05) is 6.08 Å². The van der Waals surface area contributed by atoms with Crippen molar-refractivity contribution in [3.8, 4) is 39.1 Å². The number of nitrogens with zero attached hydrogens (tertiary/aromatic N) is 1. The van der Waals surface area contributed by atoms with Crippen LogP contribution < -0.4 is 0 Å². The Hall–Kier alpha value is -7.94. The molecule has 0 aliphatic heterocycles. The van der Waals surface area contributed by atoms with E-state index in [1.54, 1.807) is 0 Å². The average molecular weight is 778 g/mol. The predicted molar refractivity (Wildman–Crippen MR) is 261 cm³/mol. The van der Waals surface area contributed by atoms with E-state index in [4.69, 9.17) is 4.42 Å². The predicted octanol–water partition coefficient (Wildman–Crippen LogP) is 16.7. The van der Waals surface area contributed by atoms with Gasteiger partial charge in [-0.3, -0.25) is 0 Å². The fraction of sp³-hybridized carbons (Fsp3) is 0.0169. The number of aromatic nitrogens is 1. The van der Waals surface area contributed by atoms with E-state index in [0.717, 1.165) is 38.6 Å². The summed E-state index contributed by atoms with van der Waals surface area (Å²) in [5.41, 5.74) is 14.8. The van der Waals surface area contributed by atoms with Crippen LogP contribution in [0.1, 0.15) is 11.1 Å². The van der Waals surface area contributed by atoms with Crippen LogP contribution in [0.2, 0.25) is 0 Å². The Balaban J connectivity index is 1.12. The Morgan fingerprint density at radius 2 is 0.967 bits per heavy atom. The second-order valence-corrected chi connectivity index (χ2v) is 16.0. The van der Waals surface area contributed by atoms with Crippen molar-refractivity contribution < 1.29 is 4.42 Å². The van der Waals surface area contributed by atoms with E-state index in [1.165, 1.54) is 87.6 Å². The number of hydrogen-bond donors (Lipinski definition) is 0. The van der Waals surface area contributed by atoms with Crippen LogP contribution >= 0.6 is 0 Å². The molecule has 2 heteroatoms. The highest BCUT2D eigenvalue weighted by Crippen LogP contribution is 2.48. The summed E-state index contributed by atoms with van der Waals surface area (Å²) in [7, 11) is 0. The van der Waals surface area contributed by atoms with Gasteiger partial charge in [-0.2, -0.15) is 0 Å². The topological polar surface area (TPSA) is 18.1 Å². The molecule has 0 fully saturated rings. The second kappa shape index (κ2) is 13.8. The maximum absolute atomic E-state index is 6.90. The number of benzene rings is 10. The van der Waals surface area contributed by atoms with Crippen LogP contribution in [0.3, 0.4) is 0 Å². The van der Waals surface area contributed by atoms with Crippen molar-refractivity contribution in [2.24, 2.45) is 0 Å². The molecule has 286 valence electrons. The van der Waals surface area contributed by atoms with Crippen molar-refractivity contribution in [2.45, 2.75) is 6.92 Å². The van der Waals surface area contributed by atoms with Gasteiger partial charge in [0.1, 0.15) is 11.2 Å². The number of furan rings is 1. The first-order chi connectivity index (χ1) is 30.2. The standard InChI is InChI=1S/C59H39NO/c1-3-4-21-40-37(2)59(60-51-31-16-14-22-41(51)42-23-15-17-32-52(42)60)48-29-13-12-28-47(48)57(40)50-30-18-33-53-58(50)49-35-34-39(36-54(49)61-53)56-45-26-10-8-24-43(45)55(38-19-6-5-7-20-38)44-25-9-11-27-46(44)56/h3-36H,1H2,2H3/b21-4-. The quantitative estimate of drug-likeness (QED) is 0.121. The third kappa shape index (κ3) is 5.22. The zero-order valence-corrected chi connectivity index (χ0v) is 33.7. The smallest absolute Gasteiger partial charge is 0.136 e. The van der Waals surface area contributed by atoms with E-state index < -0.39 is 0 Å². The molecule has 0 atom stereocenters. The number of rotatable bonds is 6. The molecule has 0 radical (unpaired) electrons. The lowest BCUT2D eigenvalue weighted by Gasteiger charge is -2.22. The summed E-state index contributed by atoms with van der Waals surface area (Å²) in [6.07, 6.45) is 6.16. The second-order valence-electron chi connectivity index (χ2n) is 16.0. The molecule has 12 aromatic rings. The van der Waals surface area contributed by atoms with Gasteiger partial charge in [0.25, 0.3) is 0 Å². The minimum Gasteiger partial charge on any atom is -0.456 e. The number of para-hydroxylation sites is 2. The first-order valence-electron chi connectivity index (χ1n) is 21.0. The molecule has 10 aromatic carbocycles. The molecule has 0 saturated carbocycles. The molecule has 0 aliphatic rings. The summed E-state index contributed by atoms with van der Waals surface area (Å²) in [6.45, 7) is 6.36. The minimum absolute atomic E-state index is 0.866. The maximum atomic E-state index is 6.90. The molecule has 0 N–H and O–H groups in total. The molecule has 0 spiro atoms. The van der Waals surface area contributed by atoms with Gasteiger partial charge in [0, 0.05) is 26.9 Å². The molecular weight excluding hydrogens is 739 g/mol. The van der Waals surface area contributed by atoms with Crippen molar-refractivity contribution in [3.05, 3.63) is 218 Å². The molecule has 12 rings (SSSR count). The van der Waals surface area contributed by atoms with Crippen molar-refractivity contribution in [3.63, 3.8) is 0 Å². The molecule has 2 aromatic heterocycles. The van der Waals surface area contributed by atoms with Gasteiger partial charge in [0.2, 0.25) is 0 Å². The Labute approximate surface area is 353 Å². The van der Waals surface area contributed by atoms with E-state index in [2.05, 4.69) is 218 Å². The van der Waals surface area contributed by atoms with Crippen LogP contribution in [0.25, 0.3) is 121 Å². The highest BCUT2D eigenvalue weighted by Gasteiger charge is 2.24. The van der Waals surface area contributed by atoms with Crippen molar-refractivity contribution in [2.75, 3.05) is 0 Å². The van der Waals surface area contributed by atoms with Gasteiger partial charge in [-0.05, 0) is 109 Å². The lowest BCUT2D eigenvalue weighted by Crippen LogP contribution is -2.03. The highest BCUT2D eigenvalue weighted by molar-refractivity contribution is 6.23. The first-order valence-corrected chi connectivity index (χ1v) is 21.0. The Morgan fingerprint density at radius 3 is 1.57 bits per heavy atom. The van der Waals surface area contributed by atoms with Gasteiger partial charge in [0.15, 0.2) is 0 Å². The van der Waals surface area contributed by atoms with Crippen molar-refractivity contribution >= 4 is 82.1 Å². The summed E-state index contributed by atoms with van der Waals surface area (Å²) < 4.78 is 9.36. The Morgan fingerprint density at radius 1 is 0.443 bits per heavy atom. The summed E-state index contributed by atoms with van der Waals surface area (Å²) in [6, 6.07) is 68.1. The normalized spacial score (nSPS) is 12.0. The lowest BCUT2D eigenvalue weighted by molar-refractivity contribution is 0.669. The van der Waals surface area contributed by atoms with E-state index in [0.29, 0.717) is 0 Å². The van der Waals surface area contributed by atoms with Gasteiger partial charge < -0.3 is 8.98 Å². The van der Waals surface area contributed by atoms with Crippen molar-refractivity contribution in [1.82, 2.24) is 4.57 Å². The molecule has 2 heterocycles. The number of fused-ring (bicyclic) bond motifs is 9. The molecule has 0 bridgehead atoms. The molecule has 0 unspecified atom stereocenters. The summed E-state index contributed by atoms with van der Waals surface area (Å²) in [5.74, 6) is 0. The van der Waals surface area contributed by atoms with E-state index in [9.17, 15) is 0 Å². The largest absolute Gasteiger partial charge is 0.456 e. The molecule has 0 saturated heterocycles. The van der Waals surface area contributed by atoms with E-state index >= 15 is 0 Å². The molecule has 0 aliphatic carbocycles. The number of allylic oxidation sites excluding steroid dienone is 2. The van der Waals surface area contributed by atoms with Crippen LogP contribution in [-0.4, -0.2) is 4.57 Å². The zero-order valence-electron chi connectivity index (χ0n) is 33.7. The molecular formula is C59H39NO. The highest BCUT2D eigenvalue weighted by atomic mass is 16.3. The SMILES string of the molecule is C=C/C=C\c1c(C)c(-n2c3ccccc3c3ccccc32)c2ccccc2c1-c1cccc2oc3cc(-c4c5ccccc5c(-c5ccccc5)c5ccccc45)ccc3c12. The molecule has 61 heavy (non-hydrogen) atoms. The van der Waals surface area contributed by atoms with Gasteiger partial charge in [-0.15, -0.1) is 0 Å². The average Bonchev–Trinajstić information content (AvgIpc) is 3.86. The Kier molecular flexibility index (Phi) is 7.95. The lowest BCUT2D eigenvalue weighted by atomic mass is 9.85. The van der Waals surface area contributed by atoms with Crippen LogP contribution in [-0.2, 0) is 0 Å². The van der Waals surface area contributed by atoms with Crippen LogP contribution in [0, 0.1) is 6.92 Å². The maximum Gasteiger partial charge on any atom is 0.136 e. The Bertz CT molecular complexity index is 3670. The molecule has 2 nitrogen and oxygen atoms in total. The monoisotopic (exact) mass is 777 g/mol. The van der Waals surface area contributed by atoms with Gasteiger partial charge in [-0.25, -0.2) is 0 Å². The summed E-state index contributed by atoms with van der Waals surface area (Å²) in [5, 5.41) is 12.0. The van der Waals surface area contributed by atoms with Gasteiger partial charge in [0.05, 0.1) is 16.7 Å².